The third-order valence-corrected chi connectivity index (χ3v) is 5.99. The molecule has 4 rings (SSSR count). The van der Waals surface area contributed by atoms with Crippen LogP contribution < -0.4 is 0 Å². The van der Waals surface area contributed by atoms with Crippen LogP contribution in [0.1, 0.15) is 16.1 Å². The molecular formula is C21H15F3N2O4S. The van der Waals surface area contributed by atoms with E-state index in [0.29, 0.717) is 10.8 Å². The van der Waals surface area contributed by atoms with Gasteiger partial charge in [0.05, 0.1) is 28.8 Å². The molecule has 0 amide bonds. The lowest BCUT2D eigenvalue weighted by Gasteiger charge is -2.08. The molecule has 0 fully saturated rings. The van der Waals surface area contributed by atoms with Crippen LogP contribution in [0.4, 0.5) is 13.2 Å². The van der Waals surface area contributed by atoms with E-state index in [1.54, 1.807) is 0 Å². The zero-order chi connectivity index (χ0) is 22.6. The van der Waals surface area contributed by atoms with E-state index in [9.17, 15) is 26.4 Å². The summed E-state index contributed by atoms with van der Waals surface area (Å²) in [6, 6.07) is 12.7. The van der Waals surface area contributed by atoms with Crippen LogP contribution in [0.5, 0.6) is 0 Å². The fraction of sp³-hybridized carbons (Fsp3) is 0.143. The maximum absolute atomic E-state index is 13.7. The second-order valence-corrected chi connectivity index (χ2v) is 8.93. The van der Waals surface area contributed by atoms with E-state index in [0.717, 1.165) is 10.9 Å². The van der Waals surface area contributed by atoms with Crippen molar-refractivity contribution < 1.29 is 31.1 Å². The minimum atomic E-state index is -4.70. The molecule has 0 atom stereocenters. The zero-order valence-corrected chi connectivity index (χ0v) is 17.1. The summed E-state index contributed by atoms with van der Waals surface area (Å²) in [6.45, 7) is 0. The van der Waals surface area contributed by atoms with E-state index in [1.807, 2.05) is 0 Å². The fourth-order valence-corrected chi connectivity index (χ4v) is 4.04. The SMILES string of the molecule is COC(=O)c1ccc2c(ccc3c(C(F)(F)F)nn(-c4ccc(S(C)(=O)=O)cc4)c32)c1. The second-order valence-electron chi connectivity index (χ2n) is 6.91. The van der Waals surface area contributed by atoms with Crippen molar-refractivity contribution in [3.8, 4) is 5.69 Å². The summed E-state index contributed by atoms with van der Waals surface area (Å²) < 4.78 is 70.2. The molecule has 1 aromatic heterocycles. The van der Waals surface area contributed by atoms with E-state index in [-0.39, 0.29) is 27.0 Å². The first kappa shape index (κ1) is 20.9. The smallest absolute Gasteiger partial charge is 0.435 e. The van der Waals surface area contributed by atoms with Crippen LogP contribution in [0.3, 0.4) is 0 Å². The number of fused-ring (bicyclic) bond motifs is 3. The maximum atomic E-state index is 13.7. The number of alkyl halides is 3. The molecule has 0 radical (unpaired) electrons. The Hall–Kier alpha value is -3.40. The van der Waals surface area contributed by atoms with Crippen molar-refractivity contribution in [2.24, 2.45) is 0 Å². The molecule has 0 saturated heterocycles. The molecule has 160 valence electrons. The van der Waals surface area contributed by atoms with Crippen LogP contribution in [-0.4, -0.2) is 37.5 Å². The van der Waals surface area contributed by atoms with Crippen molar-refractivity contribution in [2.75, 3.05) is 13.4 Å². The van der Waals surface area contributed by atoms with Crippen LogP contribution in [-0.2, 0) is 20.8 Å². The van der Waals surface area contributed by atoms with Crippen LogP contribution in [0.25, 0.3) is 27.4 Å². The van der Waals surface area contributed by atoms with Crippen LogP contribution in [0.2, 0.25) is 0 Å². The van der Waals surface area contributed by atoms with E-state index in [2.05, 4.69) is 5.10 Å². The van der Waals surface area contributed by atoms with Gasteiger partial charge in [-0.2, -0.15) is 18.3 Å². The molecule has 0 bridgehead atoms. The third-order valence-electron chi connectivity index (χ3n) is 4.86. The standard InChI is InChI=1S/C21H15F3N2O4S/c1-30-20(27)13-4-9-16-12(11-13)3-10-17-18(16)26(25-19(17)21(22,23)24)14-5-7-15(8-6-14)31(2,28)29/h3-11H,1-2H3. The number of esters is 1. The Labute approximate surface area is 174 Å². The number of carbonyl (C=O) groups excluding carboxylic acids is 1. The normalized spacial score (nSPS) is 12.4. The predicted molar refractivity (Wildman–Crippen MR) is 108 cm³/mol. The predicted octanol–water partition coefficient (Wildman–Crippen LogP) is 4.39. The van der Waals surface area contributed by atoms with Gasteiger partial charge >= 0.3 is 12.1 Å². The minimum Gasteiger partial charge on any atom is -0.465 e. The number of rotatable bonds is 3. The molecule has 0 spiro atoms. The zero-order valence-electron chi connectivity index (χ0n) is 16.3. The van der Waals surface area contributed by atoms with Gasteiger partial charge in [-0.15, -0.1) is 0 Å². The second kappa shape index (κ2) is 7.09. The molecule has 3 aromatic carbocycles. The molecule has 0 aliphatic rings. The molecular weight excluding hydrogens is 433 g/mol. The Bertz CT molecular complexity index is 1440. The summed E-state index contributed by atoms with van der Waals surface area (Å²) in [5, 5.41) is 4.65. The number of ether oxygens (including phenoxy) is 1. The Morgan fingerprint density at radius 2 is 1.65 bits per heavy atom. The number of benzene rings is 3. The Morgan fingerprint density at radius 3 is 2.23 bits per heavy atom. The number of methoxy groups -OCH3 is 1. The molecule has 0 saturated carbocycles. The highest BCUT2D eigenvalue weighted by molar-refractivity contribution is 7.90. The average Bonchev–Trinajstić information content (AvgIpc) is 3.13. The number of hydrogen-bond donors (Lipinski definition) is 0. The topological polar surface area (TPSA) is 78.3 Å². The molecule has 1 heterocycles. The first-order chi connectivity index (χ1) is 14.5. The van der Waals surface area contributed by atoms with E-state index >= 15 is 0 Å². The lowest BCUT2D eigenvalue weighted by atomic mass is 10.0. The average molecular weight is 448 g/mol. The van der Waals surface area contributed by atoms with Crippen LogP contribution in [0, 0.1) is 0 Å². The summed E-state index contributed by atoms with van der Waals surface area (Å²) >= 11 is 0. The Morgan fingerprint density at radius 1 is 1.00 bits per heavy atom. The molecule has 0 aliphatic heterocycles. The highest BCUT2D eigenvalue weighted by Crippen LogP contribution is 2.38. The quantitative estimate of drug-likeness (QED) is 0.435. The summed E-state index contributed by atoms with van der Waals surface area (Å²) in [6.07, 6.45) is -3.66. The number of halogens is 3. The molecule has 4 aromatic rings. The number of hydrogen-bond acceptors (Lipinski definition) is 5. The van der Waals surface area contributed by atoms with E-state index in [4.69, 9.17) is 4.74 Å². The van der Waals surface area contributed by atoms with Crippen molar-refractivity contribution in [3.05, 3.63) is 65.9 Å². The van der Waals surface area contributed by atoms with Crippen molar-refractivity contribution >= 4 is 37.5 Å². The highest BCUT2D eigenvalue weighted by Gasteiger charge is 2.37. The molecule has 10 heteroatoms. The van der Waals surface area contributed by atoms with E-state index in [1.165, 1.54) is 61.7 Å². The van der Waals surface area contributed by atoms with Crippen molar-refractivity contribution in [3.63, 3.8) is 0 Å². The minimum absolute atomic E-state index is 0.0383. The fourth-order valence-electron chi connectivity index (χ4n) is 3.41. The molecule has 0 unspecified atom stereocenters. The maximum Gasteiger partial charge on any atom is 0.435 e. The molecule has 31 heavy (non-hydrogen) atoms. The van der Waals surface area contributed by atoms with Gasteiger partial charge in [-0.05, 0) is 47.9 Å². The van der Waals surface area contributed by atoms with E-state index < -0.39 is 27.7 Å². The number of nitrogens with zero attached hydrogens (tertiary/aromatic N) is 2. The number of aromatic nitrogens is 2. The van der Waals surface area contributed by atoms with Gasteiger partial charge in [-0.25, -0.2) is 17.9 Å². The summed E-state index contributed by atoms with van der Waals surface area (Å²) in [5.74, 6) is -0.567. The van der Waals surface area contributed by atoms with Gasteiger partial charge in [0.1, 0.15) is 0 Å². The van der Waals surface area contributed by atoms with Gasteiger partial charge in [0.25, 0.3) is 0 Å². The van der Waals surface area contributed by atoms with Gasteiger partial charge in [0.2, 0.25) is 0 Å². The largest absolute Gasteiger partial charge is 0.465 e. The summed E-state index contributed by atoms with van der Waals surface area (Å²) in [5.41, 5.74) is -0.353. The Kier molecular flexibility index (Phi) is 4.77. The highest BCUT2D eigenvalue weighted by atomic mass is 32.2. The van der Waals surface area contributed by atoms with Gasteiger partial charge in [-0.1, -0.05) is 12.1 Å². The summed E-state index contributed by atoms with van der Waals surface area (Å²) in [4.78, 5) is 11.9. The Balaban J connectivity index is 2.03. The van der Waals surface area contributed by atoms with Crippen molar-refractivity contribution in [2.45, 2.75) is 11.1 Å². The lowest BCUT2D eigenvalue weighted by Crippen LogP contribution is -2.07. The molecule has 0 N–H and O–H groups in total. The number of carbonyl (C=O) groups is 1. The number of sulfone groups is 1. The van der Waals surface area contributed by atoms with Crippen LogP contribution >= 0.6 is 0 Å². The third kappa shape index (κ3) is 3.63. The monoisotopic (exact) mass is 448 g/mol. The van der Waals surface area contributed by atoms with Gasteiger partial charge < -0.3 is 4.74 Å². The molecule has 6 nitrogen and oxygen atoms in total. The van der Waals surface area contributed by atoms with Gasteiger partial charge in [-0.3, -0.25) is 0 Å². The van der Waals surface area contributed by atoms with Crippen LogP contribution in [0.15, 0.2) is 59.5 Å². The first-order valence-corrected chi connectivity index (χ1v) is 10.8. The first-order valence-electron chi connectivity index (χ1n) is 8.92. The van der Waals surface area contributed by atoms with Crippen molar-refractivity contribution in [1.82, 2.24) is 9.78 Å². The van der Waals surface area contributed by atoms with Gasteiger partial charge in [0, 0.05) is 17.0 Å². The lowest BCUT2D eigenvalue weighted by molar-refractivity contribution is -0.140. The van der Waals surface area contributed by atoms with Gasteiger partial charge in [0.15, 0.2) is 15.5 Å². The summed E-state index contributed by atoms with van der Waals surface area (Å²) in [7, 11) is -2.23. The van der Waals surface area contributed by atoms with Crippen molar-refractivity contribution in [1.29, 1.82) is 0 Å². The molecule has 0 aliphatic carbocycles.